The van der Waals surface area contributed by atoms with Gasteiger partial charge in [0.25, 0.3) is 5.91 Å². The van der Waals surface area contributed by atoms with Crippen molar-refractivity contribution in [2.45, 2.75) is 16.7 Å². The molecule has 2 aromatic carbocycles. The molecule has 1 heterocycles. The summed E-state index contributed by atoms with van der Waals surface area (Å²) in [7, 11) is 1.67. The van der Waals surface area contributed by atoms with Gasteiger partial charge in [0.1, 0.15) is 0 Å². The Morgan fingerprint density at radius 3 is 2.50 bits per heavy atom. The van der Waals surface area contributed by atoms with Crippen LogP contribution in [0.15, 0.2) is 52.3 Å². The smallest absolute Gasteiger partial charge is 0.252 e. The van der Waals surface area contributed by atoms with Crippen molar-refractivity contribution in [2.24, 2.45) is 0 Å². The first-order chi connectivity index (χ1) is 11.7. The number of aryl methyl sites for hydroxylation is 1. The van der Waals surface area contributed by atoms with Crippen LogP contribution in [-0.4, -0.2) is 39.3 Å². The van der Waals surface area contributed by atoms with E-state index in [4.69, 9.17) is 4.74 Å². The summed E-state index contributed by atoms with van der Waals surface area (Å²) in [5.74, 6) is -0.0558. The largest absolute Gasteiger partial charge is 0.378 e. The van der Waals surface area contributed by atoms with Gasteiger partial charge >= 0.3 is 0 Å². The van der Waals surface area contributed by atoms with Gasteiger partial charge in [-0.25, -0.2) is 0 Å². The molecular formula is C19H22N2O2S. The number of hydrogen-bond acceptors (Lipinski definition) is 4. The Bertz CT molecular complexity index is 710. The highest BCUT2D eigenvalue weighted by Crippen LogP contribution is 2.33. The number of hydrogen-bond donors (Lipinski definition) is 1. The molecule has 24 heavy (non-hydrogen) atoms. The van der Waals surface area contributed by atoms with E-state index in [2.05, 4.69) is 47.5 Å². The molecule has 2 aromatic rings. The van der Waals surface area contributed by atoms with Gasteiger partial charge in [0.2, 0.25) is 0 Å². The Hall–Kier alpha value is -1.98. The Morgan fingerprint density at radius 1 is 1.12 bits per heavy atom. The molecule has 0 bridgehead atoms. The molecule has 1 saturated heterocycles. The Morgan fingerprint density at radius 2 is 1.83 bits per heavy atom. The fourth-order valence-corrected chi connectivity index (χ4v) is 3.59. The van der Waals surface area contributed by atoms with Crippen LogP contribution in [0.3, 0.4) is 0 Å². The summed E-state index contributed by atoms with van der Waals surface area (Å²) in [6.07, 6.45) is 0. The van der Waals surface area contributed by atoms with E-state index < -0.39 is 0 Å². The number of benzene rings is 2. The lowest BCUT2D eigenvalue weighted by Gasteiger charge is -2.29. The molecule has 5 heteroatoms. The van der Waals surface area contributed by atoms with E-state index in [0.29, 0.717) is 5.56 Å². The van der Waals surface area contributed by atoms with Crippen LogP contribution in [0, 0.1) is 6.92 Å². The molecular weight excluding hydrogens is 320 g/mol. The molecule has 1 aliphatic rings. The number of carbonyl (C=O) groups excluding carboxylic acids is 1. The minimum atomic E-state index is -0.0558. The fourth-order valence-electron chi connectivity index (χ4n) is 2.67. The molecule has 3 rings (SSSR count). The molecule has 1 aliphatic heterocycles. The van der Waals surface area contributed by atoms with Crippen LogP contribution in [0.4, 0.5) is 5.69 Å². The van der Waals surface area contributed by atoms with Gasteiger partial charge in [0.15, 0.2) is 0 Å². The van der Waals surface area contributed by atoms with Crippen molar-refractivity contribution in [3.63, 3.8) is 0 Å². The third kappa shape index (κ3) is 3.91. The number of carbonyl (C=O) groups is 1. The van der Waals surface area contributed by atoms with Crippen LogP contribution >= 0.6 is 11.8 Å². The molecule has 0 atom stereocenters. The average molecular weight is 342 g/mol. The average Bonchev–Trinajstić information content (AvgIpc) is 2.64. The molecule has 0 aliphatic carbocycles. The molecule has 0 aromatic heterocycles. The van der Waals surface area contributed by atoms with Gasteiger partial charge in [0, 0.05) is 35.6 Å². The lowest BCUT2D eigenvalue weighted by Crippen LogP contribution is -2.36. The van der Waals surface area contributed by atoms with Crippen molar-refractivity contribution in [1.29, 1.82) is 0 Å². The monoisotopic (exact) mass is 342 g/mol. The highest BCUT2D eigenvalue weighted by molar-refractivity contribution is 7.99. The summed E-state index contributed by atoms with van der Waals surface area (Å²) in [6.45, 7) is 5.25. The lowest BCUT2D eigenvalue weighted by molar-refractivity contribution is 0.0960. The first-order valence-electron chi connectivity index (χ1n) is 8.11. The third-order valence-corrected chi connectivity index (χ3v) is 5.14. The quantitative estimate of drug-likeness (QED) is 0.925. The van der Waals surface area contributed by atoms with Crippen molar-refractivity contribution in [3.05, 3.63) is 53.6 Å². The second-order valence-corrected chi connectivity index (χ2v) is 6.89. The maximum Gasteiger partial charge on any atom is 0.252 e. The molecule has 1 amide bonds. The second kappa shape index (κ2) is 7.73. The Kier molecular flexibility index (Phi) is 5.43. The second-order valence-electron chi connectivity index (χ2n) is 5.77. The van der Waals surface area contributed by atoms with Crippen LogP contribution in [0.25, 0.3) is 0 Å². The predicted octanol–water partition coefficient (Wildman–Crippen LogP) is 3.34. The van der Waals surface area contributed by atoms with E-state index in [1.54, 1.807) is 18.8 Å². The molecule has 0 spiro atoms. The van der Waals surface area contributed by atoms with Crippen molar-refractivity contribution >= 4 is 23.4 Å². The summed E-state index contributed by atoms with van der Waals surface area (Å²) in [4.78, 5) is 16.7. The highest BCUT2D eigenvalue weighted by Gasteiger charge is 2.16. The number of nitrogens with zero attached hydrogens (tertiary/aromatic N) is 1. The maximum atomic E-state index is 12.3. The van der Waals surface area contributed by atoms with E-state index in [1.165, 1.54) is 5.56 Å². The van der Waals surface area contributed by atoms with E-state index >= 15 is 0 Å². The van der Waals surface area contributed by atoms with Crippen molar-refractivity contribution < 1.29 is 9.53 Å². The standard InChI is InChI=1S/C19H22N2O2S/c1-14-3-6-16(7-4-14)24-18-8-5-15(13-17(18)19(22)20-2)21-9-11-23-12-10-21/h3-8,13H,9-12H2,1-2H3,(H,20,22). The number of morpholine rings is 1. The summed E-state index contributed by atoms with van der Waals surface area (Å²) >= 11 is 1.62. The Balaban J connectivity index is 1.89. The van der Waals surface area contributed by atoms with Crippen molar-refractivity contribution in [2.75, 3.05) is 38.3 Å². The lowest BCUT2D eigenvalue weighted by atomic mass is 10.1. The first-order valence-corrected chi connectivity index (χ1v) is 8.92. The van der Waals surface area contributed by atoms with Gasteiger partial charge in [0.05, 0.1) is 18.8 Å². The minimum absolute atomic E-state index is 0.0558. The van der Waals surface area contributed by atoms with E-state index in [9.17, 15) is 4.79 Å². The third-order valence-electron chi connectivity index (χ3n) is 4.06. The SMILES string of the molecule is CNC(=O)c1cc(N2CCOCC2)ccc1Sc1ccc(C)cc1. The summed E-state index contributed by atoms with van der Waals surface area (Å²) in [5.41, 5.74) is 3.02. The molecule has 126 valence electrons. The van der Waals surface area contributed by atoms with Gasteiger partial charge < -0.3 is 15.0 Å². The van der Waals surface area contributed by atoms with Gasteiger partial charge in [-0.2, -0.15) is 0 Å². The van der Waals surface area contributed by atoms with Crippen LogP contribution in [0.5, 0.6) is 0 Å². The molecule has 1 N–H and O–H groups in total. The number of ether oxygens (including phenoxy) is 1. The zero-order valence-corrected chi connectivity index (χ0v) is 14.9. The van der Waals surface area contributed by atoms with E-state index in [-0.39, 0.29) is 5.91 Å². The van der Waals surface area contributed by atoms with Gasteiger partial charge in [-0.1, -0.05) is 29.5 Å². The molecule has 0 saturated carbocycles. The van der Waals surface area contributed by atoms with Crippen LogP contribution in [0.2, 0.25) is 0 Å². The predicted molar refractivity (Wildman–Crippen MR) is 98.2 cm³/mol. The van der Waals surface area contributed by atoms with Crippen LogP contribution < -0.4 is 10.2 Å². The Labute approximate surface area is 147 Å². The maximum absolute atomic E-state index is 12.3. The van der Waals surface area contributed by atoms with E-state index in [1.807, 2.05) is 12.1 Å². The highest BCUT2D eigenvalue weighted by atomic mass is 32.2. The topological polar surface area (TPSA) is 41.6 Å². The first kappa shape index (κ1) is 16.9. The zero-order chi connectivity index (χ0) is 16.9. The fraction of sp³-hybridized carbons (Fsp3) is 0.316. The van der Waals surface area contributed by atoms with Gasteiger partial charge in [-0.05, 0) is 37.3 Å². The summed E-state index contributed by atoms with van der Waals surface area (Å²) in [6, 6.07) is 14.5. The van der Waals surface area contributed by atoms with Gasteiger partial charge in [-0.3, -0.25) is 4.79 Å². The minimum Gasteiger partial charge on any atom is -0.378 e. The number of rotatable bonds is 4. The number of anilines is 1. The van der Waals surface area contributed by atoms with Crippen molar-refractivity contribution in [3.8, 4) is 0 Å². The molecule has 1 fully saturated rings. The summed E-state index contributed by atoms with van der Waals surface area (Å²) < 4.78 is 5.41. The van der Waals surface area contributed by atoms with Gasteiger partial charge in [-0.15, -0.1) is 0 Å². The molecule has 4 nitrogen and oxygen atoms in total. The normalized spacial score (nSPS) is 14.5. The van der Waals surface area contributed by atoms with E-state index in [0.717, 1.165) is 41.8 Å². The van der Waals surface area contributed by atoms with Crippen LogP contribution in [0.1, 0.15) is 15.9 Å². The van der Waals surface area contributed by atoms with Crippen LogP contribution in [-0.2, 0) is 4.74 Å². The number of nitrogens with one attached hydrogen (secondary N) is 1. The zero-order valence-electron chi connectivity index (χ0n) is 14.0. The molecule has 0 unspecified atom stereocenters. The number of amides is 1. The molecule has 0 radical (unpaired) electrons. The van der Waals surface area contributed by atoms with Crippen molar-refractivity contribution in [1.82, 2.24) is 5.32 Å². The summed E-state index contributed by atoms with van der Waals surface area (Å²) in [5, 5.41) is 2.75.